The summed E-state index contributed by atoms with van der Waals surface area (Å²) in [7, 11) is 2.33. The maximum Gasteiger partial charge on any atom is 0.0105 e. The van der Waals surface area contributed by atoms with Crippen LogP contribution in [0.4, 0.5) is 0 Å². The second-order valence-electron chi connectivity index (χ2n) is 6.12. The summed E-state index contributed by atoms with van der Waals surface area (Å²) in [6, 6.07) is 1.50. The molecule has 0 aromatic rings. The Bertz CT molecular complexity index is 205. The van der Waals surface area contributed by atoms with E-state index < -0.39 is 0 Å². The Morgan fingerprint density at radius 3 is 2.59 bits per heavy atom. The molecular weight excluding hydrogens is 208 g/mol. The van der Waals surface area contributed by atoms with Gasteiger partial charge in [0.2, 0.25) is 0 Å². The first-order valence-electron chi connectivity index (χ1n) is 7.48. The van der Waals surface area contributed by atoms with Crippen LogP contribution >= 0.6 is 0 Å². The highest BCUT2D eigenvalue weighted by molar-refractivity contribution is 4.82. The van der Waals surface area contributed by atoms with E-state index in [1.54, 1.807) is 0 Å². The van der Waals surface area contributed by atoms with Crippen molar-refractivity contribution >= 4 is 0 Å². The summed E-state index contributed by atoms with van der Waals surface area (Å²) in [5.41, 5.74) is 0. The second-order valence-corrected chi connectivity index (χ2v) is 6.12. The summed E-state index contributed by atoms with van der Waals surface area (Å²) in [5, 5.41) is 3.47. The van der Waals surface area contributed by atoms with Crippen molar-refractivity contribution in [1.82, 2.24) is 10.2 Å². The molecule has 17 heavy (non-hydrogen) atoms. The van der Waals surface area contributed by atoms with Crippen molar-refractivity contribution in [3.8, 4) is 0 Å². The molecule has 1 rings (SSSR count). The molecule has 0 spiro atoms. The average Bonchev–Trinajstić information content (AvgIpc) is 2.34. The lowest BCUT2D eigenvalue weighted by molar-refractivity contribution is 0.0979. The highest BCUT2D eigenvalue weighted by atomic mass is 15.2. The van der Waals surface area contributed by atoms with Gasteiger partial charge in [0.05, 0.1) is 0 Å². The summed E-state index contributed by atoms with van der Waals surface area (Å²) in [5.74, 6) is 1.66. The third kappa shape index (κ3) is 4.59. The van der Waals surface area contributed by atoms with Gasteiger partial charge in [0.1, 0.15) is 0 Å². The van der Waals surface area contributed by atoms with E-state index in [-0.39, 0.29) is 0 Å². The molecule has 0 heterocycles. The van der Waals surface area contributed by atoms with Crippen LogP contribution < -0.4 is 5.32 Å². The number of hydrogen-bond donors (Lipinski definition) is 1. The molecule has 4 unspecified atom stereocenters. The van der Waals surface area contributed by atoms with Gasteiger partial charge in [0.25, 0.3) is 0 Å². The summed E-state index contributed by atoms with van der Waals surface area (Å²) in [6.07, 6.45) is 5.66. The van der Waals surface area contributed by atoms with Crippen LogP contribution in [0.25, 0.3) is 0 Å². The van der Waals surface area contributed by atoms with Crippen LogP contribution in [0.1, 0.15) is 53.4 Å². The fourth-order valence-electron chi connectivity index (χ4n) is 3.05. The van der Waals surface area contributed by atoms with Gasteiger partial charge in [-0.25, -0.2) is 0 Å². The van der Waals surface area contributed by atoms with Crippen molar-refractivity contribution in [3.05, 3.63) is 0 Å². The Balaban J connectivity index is 2.41. The van der Waals surface area contributed by atoms with Crippen LogP contribution in [0.2, 0.25) is 0 Å². The molecule has 102 valence electrons. The zero-order valence-electron chi connectivity index (χ0n) is 12.5. The van der Waals surface area contributed by atoms with E-state index in [4.69, 9.17) is 0 Å². The average molecular weight is 240 g/mol. The first kappa shape index (κ1) is 15.0. The van der Waals surface area contributed by atoms with E-state index in [9.17, 15) is 0 Å². The number of nitrogens with zero attached hydrogens (tertiary/aromatic N) is 1. The molecule has 0 aromatic heterocycles. The van der Waals surface area contributed by atoms with E-state index >= 15 is 0 Å². The van der Waals surface area contributed by atoms with Gasteiger partial charge in [0.15, 0.2) is 0 Å². The van der Waals surface area contributed by atoms with Crippen LogP contribution in [0.5, 0.6) is 0 Å². The molecule has 1 aliphatic rings. The van der Waals surface area contributed by atoms with Gasteiger partial charge >= 0.3 is 0 Å². The highest BCUT2D eigenvalue weighted by Crippen LogP contribution is 2.28. The zero-order chi connectivity index (χ0) is 12.8. The van der Waals surface area contributed by atoms with Crippen LogP contribution in [0, 0.1) is 11.8 Å². The molecule has 4 atom stereocenters. The summed E-state index contributed by atoms with van der Waals surface area (Å²) >= 11 is 0. The Kier molecular flexibility index (Phi) is 6.50. The van der Waals surface area contributed by atoms with E-state index in [0.717, 1.165) is 31.0 Å². The smallest absolute Gasteiger partial charge is 0.0105 e. The van der Waals surface area contributed by atoms with E-state index in [2.05, 4.69) is 45.0 Å². The lowest BCUT2D eigenvalue weighted by Crippen LogP contribution is -2.46. The molecule has 0 aromatic carbocycles. The molecule has 1 aliphatic carbocycles. The van der Waals surface area contributed by atoms with Crippen molar-refractivity contribution in [2.75, 3.05) is 20.1 Å². The number of rotatable bonds is 6. The lowest BCUT2D eigenvalue weighted by Gasteiger charge is -2.40. The minimum Gasteiger partial charge on any atom is -0.317 e. The second kappa shape index (κ2) is 7.38. The van der Waals surface area contributed by atoms with Gasteiger partial charge in [-0.2, -0.15) is 0 Å². The molecule has 0 aliphatic heterocycles. The third-order valence-electron chi connectivity index (χ3n) is 4.67. The Hall–Kier alpha value is -0.0800. The van der Waals surface area contributed by atoms with Crippen LogP contribution in [-0.4, -0.2) is 37.1 Å². The maximum absolute atomic E-state index is 3.47. The number of hydrogen-bond acceptors (Lipinski definition) is 2. The normalized spacial score (nSPS) is 29.3. The monoisotopic (exact) mass is 240 g/mol. The topological polar surface area (TPSA) is 15.3 Å². The minimum atomic E-state index is 0.685. The maximum atomic E-state index is 3.47. The molecule has 2 nitrogen and oxygen atoms in total. The van der Waals surface area contributed by atoms with Gasteiger partial charge in [-0.15, -0.1) is 0 Å². The van der Waals surface area contributed by atoms with Crippen molar-refractivity contribution in [2.24, 2.45) is 11.8 Å². The van der Waals surface area contributed by atoms with Gasteiger partial charge in [-0.3, -0.25) is 0 Å². The molecule has 1 N–H and O–H groups in total. The molecule has 0 saturated heterocycles. The Labute approximate surface area is 108 Å². The molecule has 1 saturated carbocycles. The summed E-state index contributed by atoms with van der Waals surface area (Å²) in [4.78, 5) is 2.64. The Morgan fingerprint density at radius 2 is 2.00 bits per heavy atom. The lowest BCUT2D eigenvalue weighted by atomic mass is 9.85. The largest absolute Gasteiger partial charge is 0.317 e. The summed E-state index contributed by atoms with van der Waals surface area (Å²) in [6.45, 7) is 11.6. The van der Waals surface area contributed by atoms with Crippen LogP contribution in [-0.2, 0) is 0 Å². The van der Waals surface area contributed by atoms with E-state index in [0.29, 0.717) is 6.04 Å². The molecular formula is C15H32N2. The first-order valence-corrected chi connectivity index (χ1v) is 7.48. The molecule has 2 heteroatoms. The quantitative estimate of drug-likeness (QED) is 0.767. The predicted octanol–water partition coefficient (Wildman–Crippen LogP) is 3.13. The van der Waals surface area contributed by atoms with Crippen molar-refractivity contribution in [1.29, 1.82) is 0 Å². The summed E-state index contributed by atoms with van der Waals surface area (Å²) < 4.78 is 0. The fraction of sp³-hybridized carbons (Fsp3) is 1.00. The first-order chi connectivity index (χ1) is 8.06. The van der Waals surface area contributed by atoms with Gasteiger partial charge < -0.3 is 10.2 Å². The fourth-order valence-corrected chi connectivity index (χ4v) is 3.05. The Morgan fingerprint density at radius 1 is 1.29 bits per heavy atom. The van der Waals surface area contributed by atoms with Gasteiger partial charge in [-0.05, 0) is 51.7 Å². The third-order valence-corrected chi connectivity index (χ3v) is 4.67. The van der Waals surface area contributed by atoms with Crippen molar-refractivity contribution in [3.63, 3.8) is 0 Å². The van der Waals surface area contributed by atoms with Crippen molar-refractivity contribution < 1.29 is 0 Å². The van der Waals surface area contributed by atoms with Gasteiger partial charge in [-0.1, -0.05) is 33.6 Å². The van der Waals surface area contributed by atoms with Gasteiger partial charge in [0, 0.05) is 12.1 Å². The van der Waals surface area contributed by atoms with Crippen molar-refractivity contribution in [2.45, 2.75) is 65.5 Å². The number of nitrogens with one attached hydrogen (secondary N) is 1. The molecule has 0 radical (unpaired) electrons. The van der Waals surface area contributed by atoms with E-state index in [1.165, 1.54) is 25.7 Å². The van der Waals surface area contributed by atoms with Crippen LogP contribution in [0.15, 0.2) is 0 Å². The predicted molar refractivity (Wildman–Crippen MR) is 76.4 cm³/mol. The molecule has 0 bridgehead atoms. The zero-order valence-corrected chi connectivity index (χ0v) is 12.5. The molecule has 1 fully saturated rings. The standard InChI is InChI=1S/C15H32N2/c1-6-16-11-13(3)14(4)17(5)15-9-7-8-12(2)10-15/h12-16H,6-11H2,1-5H3. The molecule has 0 amide bonds. The van der Waals surface area contributed by atoms with E-state index in [1.807, 2.05) is 0 Å². The van der Waals surface area contributed by atoms with Crippen LogP contribution in [0.3, 0.4) is 0 Å². The SMILES string of the molecule is CCNCC(C)C(C)N(C)C1CCCC(C)C1. The minimum absolute atomic E-state index is 0.685. The highest BCUT2D eigenvalue weighted by Gasteiger charge is 2.27.